The number of rotatable bonds is 10. The number of esters is 2. The lowest BCUT2D eigenvalue weighted by atomic mass is 10.00. The first kappa shape index (κ1) is 24.1. The average Bonchev–Trinajstić information content (AvgIpc) is 2.68. The van der Waals surface area contributed by atoms with Gasteiger partial charge in [-0.25, -0.2) is 0 Å². The minimum Gasteiger partial charge on any atom is -0.456 e. The predicted octanol–water partition coefficient (Wildman–Crippen LogP) is 3.67. The highest BCUT2D eigenvalue weighted by atomic mass is 32.2. The van der Waals surface area contributed by atoms with Crippen molar-refractivity contribution >= 4 is 35.5 Å². The molecule has 2 rings (SSSR count). The van der Waals surface area contributed by atoms with Gasteiger partial charge in [-0.3, -0.25) is 9.59 Å². The zero-order valence-electron chi connectivity index (χ0n) is 17.4. The second kappa shape index (κ2) is 12.5. The molecule has 1 aromatic rings. The van der Waals surface area contributed by atoms with Crippen molar-refractivity contribution in [1.29, 1.82) is 0 Å². The van der Waals surface area contributed by atoms with Crippen LogP contribution in [0.25, 0.3) is 0 Å². The zero-order chi connectivity index (χ0) is 21.2. The fourth-order valence-corrected chi connectivity index (χ4v) is 5.90. The van der Waals surface area contributed by atoms with Crippen LogP contribution in [0.4, 0.5) is 0 Å². The maximum atomic E-state index is 11.8. The Balaban J connectivity index is 2.29. The van der Waals surface area contributed by atoms with Gasteiger partial charge >= 0.3 is 11.9 Å². The van der Waals surface area contributed by atoms with E-state index in [0.29, 0.717) is 6.61 Å². The Morgan fingerprint density at radius 3 is 2.21 bits per heavy atom. The molecule has 162 valence electrons. The van der Waals surface area contributed by atoms with E-state index in [1.807, 2.05) is 30.3 Å². The molecule has 29 heavy (non-hydrogen) atoms. The fraction of sp³-hybridized carbons (Fsp3) is 0.619. The fourth-order valence-electron chi connectivity index (χ4n) is 3.20. The second-order valence-electron chi connectivity index (χ2n) is 6.56. The molecule has 0 aromatic heterocycles. The van der Waals surface area contributed by atoms with Crippen molar-refractivity contribution in [3.8, 4) is 0 Å². The zero-order valence-corrected chi connectivity index (χ0v) is 19.0. The third-order valence-corrected chi connectivity index (χ3v) is 6.98. The van der Waals surface area contributed by atoms with Gasteiger partial charge < -0.3 is 18.9 Å². The Kier molecular flexibility index (Phi) is 10.3. The van der Waals surface area contributed by atoms with Crippen LogP contribution in [-0.2, 0) is 35.1 Å². The van der Waals surface area contributed by atoms with E-state index in [0.717, 1.165) is 17.1 Å². The van der Waals surface area contributed by atoms with Gasteiger partial charge in [0.05, 0.1) is 17.8 Å². The van der Waals surface area contributed by atoms with Gasteiger partial charge in [0, 0.05) is 13.8 Å². The van der Waals surface area contributed by atoms with Gasteiger partial charge in [-0.2, -0.15) is 0 Å². The standard InChI is InChI=1S/C21H30O6S2/c1-5-28-21(29-6-2)20-19(24-12-16-10-8-7-9-11-16)18(27-15(4)23)17(13-25-20)26-14(3)22/h7-11,17-21H,5-6,12-13H2,1-4H3. The Labute approximate surface area is 181 Å². The van der Waals surface area contributed by atoms with Gasteiger partial charge in [-0.05, 0) is 17.1 Å². The quantitative estimate of drug-likeness (QED) is 0.402. The Morgan fingerprint density at radius 1 is 1.03 bits per heavy atom. The van der Waals surface area contributed by atoms with Gasteiger partial charge in [0.25, 0.3) is 0 Å². The van der Waals surface area contributed by atoms with E-state index < -0.39 is 30.3 Å². The van der Waals surface area contributed by atoms with E-state index in [4.69, 9.17) is 18.9 Å². The molecule has 0 radical (unpaired) electrons. The van der Waals surface area contributed by atoms with Crippen LogP contribution in [0.1, 0.15) is 33.3 Å². The summed E-state index contributed by atoms with van der Waals surface area (Å²) in [6.07, 6.45) is -2.28. The van der Waals surface area contributed by atoms with Crippen LogP contribution < -0.4 is 0 Å². The molecule has 0 spiro atoms. The lowest BCUT2D eigenvalue weighted by molar-refractivity contribution is -0.226. The van der Waals surface area contributed by atoms with E-state index in [2.05, 4.69) is 13.8 Å². The summed E-state index contributed by atoms with van der Waals surface area (Å²) in [6, 6.07) is 9.79. The minimum atomic E-state index is -0.726. The van der Waals surface area contributed by atoms with Crippen molar-refractivity contribution in [2.24, 2.45) is 0 Å². The first-order valence-electron chi connectivity index (χ1n) is 9.81. The molecule has 1 fully saturated rings. The summed E-state index contributed by atoms with van der Waals surface area (Å²) in [5.74, 6) is 0.964. The Morgan fingerprint density at radius 2 is 1.66 bits per heavy atom. The van der Waals surface area contributed by atoms with Crippen LogP contribution in [0.15, 0.2) is 30.3 Å². The molecule has 1 aliphatic heterocycles. The largest absolute Gasteiger partial charge is 0.456 e. The van der Waals surface area contributed by atoms with Crippen LogP contribution in [0.5, 0.6) is 0 Å². The van der Waals surface area contributed by atoms with Crippen LogP contribution >= 0.6 is 23.5 Å². The number of carbonyl (C=O) groups is 2. The third kappa shape index (κ3) is 7.51. The van der Waals surface area contributed by atoms with Crippen molar-refractivity contribution in [2.45, 2.75) is 63.3 Å². The molecule has 1 aromatic carbocycles. The van der Waals surface area contributed by atoms with Crippen LogP contribution in [0, 0.1) is 0 Å². The molecular weight excluding hydrogens is 412 g/mol. The molecule has 0 amide bonds. The van der Waals surface area contributed by atoms with Crippen molar-refractivity contribution in [3.63, 3.8) is 0 Å². The molecule has 4 atom stereocenters. The molecule has 0 saturated carbocycles. The van der Waals surface area contributed by atoms with Crippen molar-refractivity contribution in [3.05, 3.63) is 35.9 Å². The van der Waals surface area contributed by atoms with Crippen molar-refractivity contribution < 1.29 is 28.5 Å². The normalized spacial score (nSPS) is 24.3. The third-order valence-electron chi connectivity index (χ3n) is 4.30. The maximum absolute atomic E-state index is 11.8. The van der Waals surface area contributed by atoms with E-state index >= 15 is 0 Å². The predicted molar refractivity (Wildman–Crippen MR) is 116 cm³/mol. The number of benzene rings is 1. The van der Waals surface area contributed by atoms with Gasteiger partial charge in [0.15, 0.2) is 12.2 Å². The van der Waals surface area contributed by atoms with Gasteiger partial charge in [-0.1, -0.05) is 44.2 Å². The number of ether oxygens (including phenoxy) is 4. The molecule has 4 unspecified atom stereocenters. The first-order chi connectivity index (χ1) is 14.0. The molecular formula is C21H30O6S2. The molecule has 6 nitrogen and oxygen atoms in total. The van der Waals surface area contributed by atoms with E-state index in [9.17, 15) is 9.59 Å². The summed E-state index contributed by atoms with van der Waals surface area (Å²) in [7, 11) is 0. The molecule has 0 aliphatic carbocycles. The minimum absolute atomic E-state index is 0.113. The molecule has 0 N–H and O–H groups in total. The number of carbonyl (C=O) groups excluding carboxylic acids is 2. The summed E-state index contributed by atoms with van der Waals surface area (Å²) in [6.45, 7) is 7.39. The molecule has 0 bridgehead atoms. The number of hydrogen-bond acceptors (Lipinski definition) is 8. The van der Waals surface area contributed by atoms with Crippen molar-refractivity contribution in [2.75, 3.05) is 18.1 Å². The SMILES string of the molecule is CCSC(SCC)C1OCC(OC(C)=O)C(OC(C)=O)C1OCc1ccccc1. The lowest BCUT2D eigenvalue weighted by Gasteiger charge is -2.43. The maximum Gasteiger partial charge on any atom is 0.303 e. The first-order valence-corrected chi connectivity index (χ1v) is 11.9. The van der Waals surface area contributed by atoms with Gasteiger partial charge in [0.2, 0.25) is 0 Å². The molecule has 1 saturated heterocycles. The summed E-state index contributed by atoms with van der Waals surface area (Å²) >= 11 is 3.56. The molecule has 1 heterocycles. The molecule has 8 heteroatoms. The summed E-state index contributed by atoms with van der Waals surface area (Å²) in [5, 5.41) is 0. The summed E-state index contributed by atoms with van der Waals surface area (Å²) in [4.78, 5) is 23.4. The van der Waals surface area contributed by atoms with E-state index in [1.54, 1.807) is 23.5 Å². The van der Waals surface area contributed by atoms with Crippen LogP contribution in [0.2, 0.25) is 0 Å². The lowest BCUT2D eigenvalue weighted by Crippen LogP contribution is -2.59. The molecule has 1 aliphatic rings. The van der Waals surface area contributed by atoms with E-state index in [1.165, 1.54) is 13.8 Å². The van der Waals surface area contributed by atoms with Gasteiger partial charge in [-0.15, -0.1) is 23.5 Å². The summed E-state index contributed by atoms with van der Waals surface area (Å²) in [5.41, 5.74) is 1.00. The topological polar surface area (TPSA) is 71.1 Å². The van der Waals surface area contributed by atoms with Crippen LogP contribution in [-0.4, -0.2) is 59.0 Å². The highest BCUT2D eigenvalue weighted by Gasteiger charge is 2.48. The van der Waals surface area contributed by atoms with Gasteiger partial charge in [0.1, 0.15) is 12.2 Å². The highest BCUT2D eigenvalue weighted by molar-refractivity contribution is 8.17. The van der Waals surface area contributed by atoms with Crippen molar-refractivity contribution in [1.82, 2.24) is 0 Å². The number of thioether (sulfide) groups is 2. The van der Waals surface area contributed by atoms with E-state index in [-0.39, 0.29) is 17.3 Å². The average molecular weight is 443 g/mol. The second-order valence-corrected chi connectivity index (χ2v) is 9.70. The Bertz CT molecular complexity index is 635. The number of hydrogen-bond donors (Lipinski definition) is 0. The summed E-state index contributed by atoms with van der Waals surface area (Å²) < 4.78 is 23.5. The Hall–Kier alpha value is -1.22. The smallest absolute Gasteiger partial charge is 0.303 e. The monoisotopic (exact) mass is 442 g/mol. The highest BCUT2D eigenvalue weighted by Crippen LogP contribution is 2.36. The van der Waals surface area contributed by atoms with Crippen LogP contribution in [0.3, 0.4) is 0 Å².